The molecule has 1 fully saturated rings. The van der Waals surface area contributed by atoms with E-state index in [9.17, 15) is 14.7 Å². The number of urea groups is 1. The summed E-state index contributed by atoms with van der Waals surface area (Å²) in [6.07, 6.45) is 3.97. The Balaban J connectivity index is 1.48. The number of rotatable bonds is 4. The monoisotopic (exact) mass is 332 g/mol. The molecule has 2 aliphatic carbocycles. The molecule has 1 aromatic carbocycles. The molecule has 6 heteroatoms. The molecular formula is C18H24N2O4. The molecule has 2 aliphatic rings. The molecule has 3 rings (SSSR count). The van der Waals surface area contributed by atoms with Crippen LogP contribution >= 0.6 is 0 Å². The first-order chi connectivity index (χ1) is 11.5. The first kappa shape index (κ1) is 16.8. The van der Waals surface area contributed by atoms with Crippen molar-refractivity contribution in [3.8, 4) is 0 Å². The molecule has 0 spiro atoms. The van der Waals surface area contributed by atoms with E-state index in [1.807, 2.05) is 24.3 Å². The van der Waals surface area contributed by atoms with E-state index in [0.29, 0.717) is 32.1 Å². The molecule has 4 N–H and O–H groups in total. The van der Waals surface area contributed by atoms with Crippen LogP contribution < -0.4 is 10.6 Å². The van der Waals surface area contributed by atoms with E-state index in [2.05, 4.69) is 10.6 Å². The maximum absolute atomic E-state index is 12.1. The topological polar surface area (TPSA) is 98.7 Å². The molecule has 1 unspecified atom stereocenters. The molecule has 0 radical (unpaired) electrons. The summed E-state index contributed by atoms with van der Waals surface area (Å²) in [4.78, 5) is 23.0. The van der Waals surface area contributed by atoms with Crippen LogP contribution in [-0.4, -0.2) is 34.8 Å². The number of benzene rings is 1. The third-order valence-electron chi connectivity index (χ3n) is 5.28. The highest BCUT2D eigenvalue weighted by Crippen LogP contribution is 2.36. The maximum Gasteiger partial charge on any atom is 0.315 e. The van der Waals surface area contributed by atoms with Gasteiger partial charge in [0.05, 0.1) is 12.5 Å². The van der Waals surface area contributed by atoms with Gasteiger partial charge in [0.15, 0.2) is 0 Å². The fourth-order valence-electron chi connectivity index (χ4n) is 3.80. The number of hydrogen-bond acceptors (Lipinski definition) is 3. The Hall–Kier alpha value is -2.08. The summed E-state index contributed by atoms with van der Waals surface area (Å²) in [5.41, 5.74) is 1.02. The highest BCUT2D eigenvalue weighted by molar-refractivity contribution is 5.74. The highest BCUT2D eigenvalue weighted by atomic mass is 16.4. The van der Waals surface area contributed by atoms with E-state index in [-0.39, 0.29) is 24.5 Å². The predicted molar refractivity (Wildman–Crippen MR) is 88.6 cm³/mol. The number of carboxylic acids is 1. The summed E-state index contributed by atoms with van der Waals surface area (Å²) < 4.78 is 0. The molecule has 0 aliphatic heterocycles. The number of carbonyl (C=O) groups excluding carboxylic acids is 1. The van der Waals surface area contributed by atoms with E-state index in [4.69, 9.17) is 5.11 Å². The zero-order chi connectivity index (χ0) is 17.2. The Morgan fingerprint density at radius 2 is 1.88 bits per heavy atom. The van der Waals surface area contributed by atoms with E-state index >= 15 is 0 Å². The molecule has 2 amide bonds. The first-order valence-corrected chi connectivity index (χ1v) is 8.56. The van der Waals surface area contributed by atoms with E-state index < -0.39 is 11.6 Å². The quantitative estimate of drug-likeness (QED) is 0.675. The molecule has 1 atom stereocenters. The van der Waals surface area contributed by atoms with Gasteiger partial charge in [0.1, 0.15) is 5.60 Å². The number of aliphatic carboxylic acids is 1. The fraction of sp³-hybridized carbons (Fsp3) is 0.556. The fourth-order valence-corrected chi connectivity index (χ4v) is 3.80. The number of carbonyl (C=O) groups is 2. The molecule has 1 saturated carbocycles. The lowest BCUT2D eigenvalue weighted by Gasteiger charge is -2.28. The zero-order valence-corrected chi connectivity index (χ0v) is 13.6. The van der Waals surface area contributed by atoms with Crippen molar-refractivity contribution < 1.29 is 19.8 Å². The van der Waals surface area contributed by atoms with Gasteiger partial charge in [-0.1, -0.05) is 24.3 Å². The molecule has 0 aromatic heterocycles. The van der Waals surface area contributed by atoms with Crippen molar-refractivity contribution in [2.24, 2.45) is 5.92 Å². The third kappa shape index (κ3) is 3.53. The van der Waals surface area contributed by atoms with Gasteiger partial charge in [-0.05, 0) is 49.7 Å². The van der Waals surface area contributed by atoms with Crippen LogP contribution in [-0.2, 0) is 16.8 Å². The summed E-state index contributed by atoms with van der Waals surface area (Å²) >= 11 is 0. The minimum Gasteiger partial charge on any atom is -0.481 e. The van der Waals surface area contributed by atoms with Crippen LogP contribution in [0.15, 0.2) is 24.3 Å². The Bertz CT molecular complexity index is 625. The van der Waals surface area contributed by atoms with Crippen LogP contribution in [0.5, 0.6) is 0 Å². The van der Waals surface area contributed by atoms with E-state index in [1.54, 1.807) is 0 Å². The van der Waals surface area contributed by atoms with Gasteiger partial charge in [-0.25, -0.2) is 4.79 Å². The zero-order valence-electron chi connectivity index (χ0n) is 13.6. The summed E-state index contributed by atoms with van der Waals surface area (Å²) in [6, 6.07) is 7.48. The minimum atomic E-state index is -1.01. The van der Waals surface area contributed by atoms with Gasteiger partial charge in [-0.2, -0.15) is 0 Å². The van der Waals surface area contributed by atoms with E-state index in [1.165, 1.54) is 0 Å². The first-order valence-electron chi connectivity index (χ1n) is 8.56. The van der Waals surface area contributed by atoms with Crippen molar-refractivity contribution >= 4 is 12.0 Å². The van der Waals surface area contributed by atoms with Gasteiger partial charge in [0, 0.05) is 6.04 Å². The van der Waals surface area contributed by atoms with Crippen molar-refractivity contribution in [3.05, 3.63) is 35.4 Å². The van der Waals surface area contributed by atoms with Crippen LogP contribution in [0.2, 0.25) is 0 Å². The van der Waals surface area contributed by atoms with Gasteiger partial charge in [-0.3, -0.25) is 4.79 Å². The van der Waals surface area contributed by atoms with Crippen molar-refractivity contribution in [1.29, 1.82) is 0 Å². The number of nitrogens with one attached hydrogen (secondary N) is 2. The number of amides is 2. The third-order valence-corrected chi connectivity index (χ3v) is 5.28. The van der Waals surface area contributed by atoms with Crippen molar-refractivity contribution in [3.63, 3.8) is 0 Å². The van der Waals surface area contributed by atoms with E-state index in [0.717, 1.165) is 17.5 Å². The number of aryl methyl sites for hydroxylation is 1. The lowest BCUT2D eigenvalue weighted by atomic mass is 9.86. The SMILES string of the molecule is O=C(NCC1(O)CCc2ccccc21)NC1CCC(C(=O)O)CC1. The van der Waals surface area contributed by atoms with Crippen LogP contribution in [0.25, 0.3) is 0 Å². The Kier molecular flexibility index (Phi) is 4.76. The Labute approximate surface area is 141 Å². The second kappa shape index (κ2) is 6.81. The van der Waals surface area contributed by atoms with Crippen molar-refractivity contribution in [1.82, 2.24) is 10.6 Å². The second-order valence-corrected chi connectivity index (χ2v) is 6.90. The lowest BCUT2D eigenvalue weighted by Crippen LogP contribution is -2.48. The lowest BCUT2D eigenvalue weighted by molar-refractivity contribution is -0.142. The van der Waals surface area contributed by atoms with Gasteiger partial charge >= 0.3 is 12.0 Å². The van der Waals surface area contributed by atoms with Gasteiger partial charge < -0.3 is 20.8 Å². The second-order valence-electron chi connectivity index (χ2n) is 6.90. The highest BCUT2D eigenvalue weighted by Gasteiger charge is 2.36. The molecule has 24 heavy (non-hydrogen) atoms. The van der Waals surface area contributed by atoms with Crippen LogP contribution in [0.4, 0.5) is 4.79 Å². The summed E-state index contributed by atoms with van der Waals surface area (Å²) in [5.74, 6) is -1.04. The molecule has 0 saturated heterocycles. The summed E-state index contributed by atoms with van der Waals surface area (Å²) in [5, 5.41) is 25.4. The summed E-state index contributed by atoms with van der Waals surface area (Å²) in [7, 11) is 0. The molecular weight excluding hydrogens is 308 g/mol. The normalized spacial score (nSPS) is 28.9. The largest absolute Gasteiger partial charge is 0.481 e. The Morgan fingerprint density at radius 3 is 2.58 bits per heavy atom. The molecule has 1 aromatic rings. The number of hydrogen-bond donors (Lipinski definition) is 4. The maximum atomic E-state index is 12.1. The van der Waals surface area contributed by atoms with Crippen molar-refractivity contribution in [2.75, 3.05) is 6.54 Å². The molecule has 6 nitrogen and oxygen atoms in total. The van der Waals surface area contributed by atoms with Crippen LogP contribution in [0, 0.1) is 5.92 Å². The number of carboxylic acid groups (broad SMARTS) is 1. The predicted octanol–water partition coefficient (Wildman–Crippen LogP) is 1.76. The average Bonchev–Trinajstić information content (AvgIpc) is 2.92. The van der Waals surface area contributed by atoms with Crippen LogP contribution in [0.3, 0.4) is 0 Å². The van der Waals surface area contributed by atoms with Gasteiger partial charge in [-0.15, -0.1) is 0 Å². The summed E-state index contributed by atoms with van der Waals surface area (Å²) in [6.45, 7) is 0.181. The molecule has 0 bridgehead atoms. The van der Waals surface area contributed by atoms with Gasteiger partial charge in [0.25, 0.3) is 0 Å². The molecule has 0 heterocycles. The van der Waals surface area contributed by atoms with Crippen molar-refractivity contribution in [2.45, 2.75) is 50.2 Å². The Morgan fingerprint density at radius 1 is 1.17 bits per heavy atom. The van der Waals surface area contributed by atoms with Crippen LogP contribution in [0.1, 0.15) is 43.2 Å². The number of aliphatic hydroxyl groups is 1. The number of fused-ring (bicyclic) bond motifs is 1. The smallest absolute Gasteiger partial charge is 0.315 e. The standard InChI is InChI=1S/C18H24N2O4/c21-16(22)13-5-7-14(8-6-13)20-17(23)19-11-18(24)10-9-12-3-1-2-4-15(12)18/h1-4,13-14,24H,5-11H2,(H,21,22)(H2,19,20,23). The molecule has 130 valence electrons. The van der Waals surface area contributed by atoms with Gasteiger partial charge in [0.2, 0.25) is 0 Å². The minimum absolute atomic E-state index is 0.00565. The average molecular weight is 332 g/mol.